The number of aromatic nitrogens is 1. The molecule has 0 aliphatic heterocycles. The zero-order chi connectivity index (χ0) is 12.5. The molecule has 0 atom stereocenters. The van der Waals surface area contributed by atoms with Crippen molar-refractivity contribution < 1.29 is 0 Å². The van der Waals surface area contributed by atoms with Crippen molar-refractivity contribution in [2.45, 2.75) is 25.7 Å². The van der Waals surface area contributed by atoms with Crippen molar-refractivity contribution in [3.8, 4) is 6.07 Å². The topological polar surface area (TPSA) is 48.7 Å². The Hall–Kier alpha value is -1.86. The van der Waals surface area contributed by atoms with Crippen molar-refractivity contribution in [1.29, 1.82) is 5.26 Å². The number of nitrogens with zero attached hydrogens (tertiary/aromatic N) is 2. The first kappa shape index (κ1) is 11.2. The van der Waals surface area contributed by atoms with E-state index in [1.165, 1.54) is 18.5 Å². The Kier molecular flexibility index (Phi) is 2.77. The minimum atomic E-state index is 0.665. The number of benzene rings is 1. The van der Waals surface area contributed by atoms with Crippen LogP contribution in [0.3, 0.4) is 0 Å². The predicted molar refractivity (Wildman–Crippen MR) is 73.3 cm³/mol. The normalized spacial score (nSPS) is 14.2. The predicted octanol–water partition coefficient (Wildman–Crippen LogP) is 3.94. The van der Waals surface area contributed by atoms with E-state index in [1.54, 1.807) is 11.3 Å². The van der Waals surface area contributed by atoms with Crippen molar-refractivity contribution in [2.24, 2.45) is 0 Å². The van der Waals surface area contributed by atoms with Crippen molar-refractivity contribution in [3.05, 3.63) is 40.4 Å². The molecule has 1 aliphatic rings. The van der Waals surface area contributed by atoms with Crippen molar-refractivity contribution >= 4 is 22.2 Å². The third-order valence-corrected chi connectivity index (χ3v) is 3.92. The Bertz CT molecular complexity index is 620. The Labute approximate surface area is 110 Å². The van der Waals surface area contributed by atoms with Crippen molar-refractivity contribution in [1.82, 2.24) is 4.98 Å². The number of thiazole rings is 1. The lowest BCUT2D eigenvalue weighted by Crippen LogP contribution is -1.96. The molecule has 1 aromatic heterocycles. The van der Waals surface area contributed by atoms with E-state index in [0.29, 0.717) is 11.5 Å². The summed E-state index contributed by atoms with van der Waals surface area (Å²) in [5.41, 5.74) is 3.79. The number of hydrogen-bond acceptors (Lipinski definition) is 4. The van der Waals surface area contributed by atoms with E-state index >= 15 is 0 Å². The molecule has 3 rings (SSSR count). The molecule has 0 spiro atoms. The zero-order valence-corrected chi connectivity index (χ0v) is 10.9. The second-order valence-electron chi connectivity index (χ2n) is 4.59. The minimum absolute atomic E-state index is 0.665. The monoisotopic (exact) mass is 255 g/mol. The van der Waals surface area contributed by atoms with Crippen LogP contribution in [-0.2, 0) is 0 Å². The molecule has 1 aliphatic carbocycles. The van der Waals surface area contributed by atoms with Gasteiger partial charge in [0.2, 0.25) is 0 Å². The molecule has 4 heteroatoms. The maximum Gasteiger partial charge on any atom is 0.187 e. The lowest BCUT2D eigenvalue weighted by atomic mass is 10.1. The van der Waals surface area contributed by atoms with Crippen molar-refractivity contribution in [2.75, 3.05) is 5.32 Å². The summed E-state index contributed by atoms with van der Waals surface area (Å²) < 4.78 is 0. The zero-order valence-electron chi connectivity index (χ0n) is 10.1. The Balaban J connectivity index is 1.89. The smallest absolute Gasteiger partial charge is 0.187 e. The molecule has 0 unspecified atom stereocenters. The van der Waals surface area contributed by atoms with Crippen LogP contribution in [0.25, 0.3) is 0 Å². The molecular weight excluding hydrogens is 242 g/mol. The van der Waals surface area contributed by atoms with Gasteiger partial charge in [0.25, 0.3) is 0 Å². The highest BCUT2D eigenvalue weighted by atomic mass is 32.1. The van der Waals surface area contributed by atoms with Gasteiger partial charge in [0.05, 0.1) is 16.9 Å². The van der Waals surface area contributed by atoms with E-state index in [9.17, 15) is 0 Å². The first-order chi connectivity index (χ1) is 8.78. The molecule has 0 bridgehead atoms. The van der Waals surface area contributed by atoms with Gasteiger partial charge < -0.3 is 5.32 Å². The Morgan fingerprint density at radius 2 is 2.28 bits per heavy atom. The molecule has 3 nitrogen and oxygen atoms in total. The fourth-order valence-corrected chi connectivity index (χ4v) is 2.74. The van der Waals surface area contributed by atoms with Gasteiger partial charge in [-0.2, -0.15) is 5.26 Å². The largest absolute Gasteiger partial charge is 0.330 e. The first-order valence-corrected chi connectivity index (χ1v) is 6.88. The number of rotatable bonds is 3. The van der Waals surface area contributed by atoms with Crippen LogP contribution in [0.5, 0.6) is 0 Å². The number of nitriles is 1. The first-order valence-electron chi connectivity index (χ1n) is 6.00. The molecule has 90 valence electrons. The van der Waals surface area contributed by atoms with Crippen LogP contribution in [0.4, 0.5) is 10.8 Å². The van der Waals surface area contributed by atoms with Gasteiger partial charge >= 0.3 is 0 Å². The second-order valence-corrected chi connectivity index (χ2v) is 5.44. The molecular formula is C14H13N3S. The molecule has 2 aromatic rings. The maximum absolute atomic E-state index is 9.12. The second kappa shape index (κ2) is 4.43. The van der Waals surface area contributed by atoms with Crippen LogP contribution in [0, 0.1) is 18.3 Å². The number of hydrogen-bond donors (Lipinski definition) is 1. The molecule has 1 aromatic carbocycles. The molecule has 0 amide bonds. The molecule has 1 heterocycles. The summed E-state index contributed by atoms with van der Waals surface area (Å²) in [6.45, 7) is 2.00. The van der Waals surface area contributed by atoms with Gasteiger partial charge in [-0.3, -0.25) is 0 Å². The van der Waals surface area contributed by atoms with E-state index in [4.69, 9.17) is 5.26 Å². The van der Waals surface area contributed by atoms with Gasteiger partial charge in [0.15, 0.2) is 5.13 Å². The number of nitrogens with one attached hydrogen (secondary N) is 1. The number of anilines is 2. The van der Waals surface area contributed by atoms with Crippen LogP contribution >= 0.6 is 11.3 Å². The summed E-state index contributed by atoms with van der Waals surface area (Å²) in [6.07, 6.45) is 2.52. The third-order valence-electron chi connectivity index (χ3n) is 3.14. The molecule has 0 radical (unpaired) electrons. The lowest BCUT2D eigenvalue weighted by Gasteiger charge is -2.08. The van der Waals surface area contributed by atoms with Crippen LogP contribution in [-0.4, -0.2) is 4.98 Å². The Morgan fingerprint density at radius 1 is 1.44 bits per heavy atom. The van der Waals surface area contributed by atoms with Crippen LogP contribution < -0.4 is 5.32 Å². The molecule has 0 saturated heterocycles. The van der Waals surface area contributed by atoms with E-state index in [0.717, 1.165) is 16.4 Å². The fourth-order valence-electron chi connectivity index (χ4n) is 1.94. The van der Waals surface area contributed by atoms with Crippen molar-refractivity contribution in [3.63, 3.8) is 0 Å². The average Bonchev–Trinajstić information content (AvgIpc) is 3.12. The number of para-hydroxylation sites is 1. The Morgan fingerprint density at radius 3 is 3.00 bits per heavy atom. The quantitative estimate of drug-likeness (QED) is 0.903. The summed E-state index contributed by atoms with van der Waals surface area (Å²) in [5, 5.41) is 15.4. The summed E-state index contributed by atoms with van der Waals surface area (Å²) in [7, 11) is 0. The average molecular weight is 255 g/mol. The van der Waals surface area contributed by atoms with E-state index in [-0.39, 0.29) is 0 Å². The molecule has 1 N–H and O–H groups in total. The molecule has 1 saturated carbocycles. The summed E-state index contributed by atoms with van der Waals surface area (Å²) in [5.74, 6) is 0.670. The third kappa shape index (κ3) is 2.09. The molecule has 1 fully saturated rings. The summed E-state index contributed by atoms with van der Waals surface area (Å²) in [4.78, 5) is 4.58. The van der Waals surface area contributed by atoms with Gasteiger partial charge in [-0.15, -0.1) is 11.3 Å². The van der Waals surface area contributed by atoms with Gasteiger partial charge in [0.1, 0.15) is 6.07 Å². The van der Waals surface area contributed by atoms with E-state index < -0.39 is 0 Å². The highest BCUT2D eigenvalue weighted by molar-refractivity contribution is 7.13. The standard InChI is InChI=1S/C14H13N3S/c1-9-3-2-4-11(7-15)13(9)17-14-16-12(8-18-14)10-5-6-10/h2-4,8,10H,5-6H2,1H3,(H,16,17). The molecule has 18 heavy (non-hydrogen) atoms. The van der Waals surface area contributed by atoms with E-state index in [1.807, 2.05) is 25.1 Å². The van der Waals surface area contributed by atoms with Crippen LogP contribution in [0.15, 0.2) is 23.6 Å². The SMILES string of the molecule is Cc1cccc(C#N)c1Nc1nc(C2CC2)cs1. The number of aryl methyl sites for hydroxylation is 1. The van der Waals surface area contributed by atoms with Gasteiger partial charge in [-0.05, 0) is 31.4 Å². The lowest BCUT2D eigenvalue weighted by molar-refractivity contribution is 1.05. The van der Waals surface area contributed by atoms with Crippen LogP contribution in [0.1, 0.15) is 35.6 Å². The summed E-state index contributed by atoms with van der Waals surface area (Å²) in [6, 6.07) is 7.93. The minimum Gasteiger partial charge on any atom is -0.330 e. The highest BCUT2D eigenvalue weighted by Gasteiger charge is 2.26. The van der Waals surface area contributed by atoms with Gasteiger partial charge in [-0.25, -0.2) is 4.98 Å². The fraction of sp³-hybridized carbons (Fsp3) is 0.286. The van der Waals surface area contributed by atoms with Crippen LogP contribution in [0.2, 0.25) is 0 Å². The van der Waals surface area contributed by atoms with Gasteiger partial charge in [0, 0.05) is 11.3 Å². The highest BCUT2D eigenvalue weighted by Crippen LogP contribution is 2.41. The maximum atomic E-state index is 9.12. The van der Waals surface area contributed by atoms with Gasteiger partial charge in [-0.1, -0.05) is 12.1 Å². The van der Waals surface area contributed by atoms with E-state index in [2.05, 4.69) is 21.8 Å². The summed E-state index contributed by atoms with van der Waals surface area (Å²) >= 11 is 1.61.